The zero-order valence-corrected chi connectivity index (χ0v) is 22.3. The van der Waals surface area contributed by atoms with Gasteiger partial charge in [0.15, 0.2) is 17.3 Å². The Balaban J connectivity index is 1.85. The maximum absolute atomic E-state index is 13.7. The molecule has 0 saturated heterocycles. The number of ketones is 1. The summed E-state index contributed by atoms with van der Waals surface area (Å²) in [7, 11) is 1.45. The number of benzene rings is 2. The van der Waals surface area contributed by atoms with E-state index in [-0.39, 0.29) is 29.3 Å². The van der Waals surface area contributed by atoms with E-state index in [0.29, 0.717) is 44.7 Å². The third-order valence-electron chi connectivity index (χ3n) is 6.34. The summed E-state index contributed by atoms with van der Waals surface area (Å²) >= 11 is 9.43. The van der Waals surface area contributed by atoms with Crippen LogP contribution in [0, 0.1) is 0 Å². The van der Waals surface area contributed by atoms with E-state index in [1.54, 1.807) is 26.0 Å². The molecule has 8 heteroatoms. The maximum Gasteiger partial charge on any atom is 0.337 e. The Bertz CT molecular complexity index is 1250. The monoisotopic (exact) mass is 559 g/mol. The van der Waals surface area contributed by atoms with Gasteiger partial charge < -0.3 is 19.9 Å². The zero-order valence-electron chi connectivity index (χ0n) is 19.9. The number of esters is 1. The standard InChI is InChI=1S/C27H27BrClNO5/c1-13(2)35-27(33)23-14(3)30-20-10-16(15-5-7-18(29)8-6-15)11-21(31)25(20)24(23)17-9-19(28)26(32)22(12-17)34-4/h5-9,12-13,16,24,30,32H,10-11H2,1-4H3/t16-,24-/m1/s1. The predicted octanol–water partition coefficient (Wildman–Crippen LogP) is 6.13. The highest BCUT2D eigenvalue weighted by molar-refractivity contribution is 9.10. The molecule has 4 rings (SSSR count). The summed E-state index contributed by atoms with van der Waals surface area (Å²) in [4.78, 5) is 26.9. The van der Waals surface area contributed by atoms with Crippen molar-refractivity contribution in [2.75, 3.05) is 7.11 Å². The lowest BCUT2D eigenvalue weighted by Gasteiger charge is -2.37. The van der Waals surface area contributed by atoms with Crippen molar-refractivity contribution in [1.29, 1.82) is 0 Å². The van der Waals surface area contributed by atoms with Gasteiger partial charge in [0, 0.05) is 34.3 Å². The van der Waals surface area contributed by atoms with Crippen LogP contribution < -0.4 is 10.1 Å². The average Bonchev–Trinajstić information content (AvgIpc) is 2.79. The molecule has 2 aromatic carbocycles. The average molecular weight is 561 g/mol. The largest absolute Gasteiger partial charge is 0.503 e. The van der Waals surface area contributed by atoms with E-state index in [4.69, 9.17) is 21.1 Å². The summed E-state index contributed by atoms with van der Waals surface area (Å²) in [6, 6.07) is 10.9. The van der Waals surface area contributed by atoms with Crippen LogP contribution in [0.5, 0.6) is 11.5 Å². The summed E-state index contributed by atoms with van der Waals surface area (Å²) in [6.07, 6.45) is 0.594. The molecular weight excluding hydrogens is 534 g/mol. The molecule has 2 aliphatic rings. The Morgan fingerprint density at radius 3 is 2.49 bits per heavy atom. The molecule has 0 spiro atoms. The van der Waals surface area contributed by atoms with Crippen LogP contribution in [0.15, 0.2) is 63.4 Å². The molecule has 1 aliphatic heterocycles. The summed E-state index contributed by atoms with van der Waals surface area (Å²) in [5.74, 6) is -1.02. The van der Waals surface area contributed by atoms with E-state index in [9.17, 15) is 14.7 Å². The quantitative estimate of drug-likeness (QED) is 0.428. The minimum Gasteiger partial charge on any atom is -0.503 e. The summed E-state index contributed by atoms with van der Waals surface area (Å²) in [5, 5.41) is 14.3. The smallest absolute Gasteiger partial charge is 0.337 e. The minimum absolute atomic E-state index is 0.00952. The summed E-state index contributed by atoms with van der Waals surface area (Å²) in [6.45, 7) is 5.38. The van der Waals surface area contributed by atoms with Gasteiger partial charge in [0.25, 0.3) is 0 Å². The lowest BCUT2D eigenvalue weighted by Crippen LogP contribution is -2.36. The van der Waals surface area contributed by atoms with Crippen LogP contribution in [0.2, 0.25) is 5.02 Å². The number of phenolic OH excluding ortho intramolecular Hbond substituents is 1. The third-order valence-corrected chi connectivity index (χ3v) is 7.19. The van der Waals surface area contributed by atoms with Crippen LogP contribution in [0.1, 0.15) is 56.6 Å². The number of ether oxygens (including phenoxy) is 2. The van der Waals surface area contributed by atoms with Crippen LogP contribution in [-0.2, 0) is 14.3 Å². The lowest BCUT2D eigenvalue weighted by atomic mass is 9.71. The van der Waals surface area contributed by atoms with Crippen LogP contribution >= 0.6 is 27.5 Å². The number of hydrogen-bond acceptors (Lipinski definition) is 6. The Kier molecular flexibility index (Phi) is 7.29. The number of phenols is 1. The molecule has 2 atom stereocenters. The number of hydrogen-bond donors (Lipinski definition) is 2. The first-order valence-corrected chi connectivity index (χ1v) is 12.5. The molecule has 0 unspecified atom stereocenters. The molecule has 0 bridgehead atoms. The first-order valence-electron chi connectivity index (χ1n) is 11.4. The Morgan fingerprint density at radius 2 is 1.86 bits per heavy atom. The van der Waals surface area contributed by atoms with E-state index < -0.39 is 11.9 Å². The molecular formula is C27H27BrClNO5. The molecule has 0 fully saturated rings. The molecule has 0 aromatic heterocycles. The summed E-state index contributed by atoms with van der Waals surface area (Å²) < 4.78 is 11.3. The van der Waals surface area contributed by atoms with Crippen LogP contribution in [0.3, 0.4) is 0 Å². The van der Waals surface area contributed by atoms with Gasteiger partial charge in [-0.05, 0) is 84.4 Å². The Morgan fingerprint density at radius 1 is 1.17 bits per heavy atom. The van der Waals surface area contributed by atoms with Gasteiger partial charge in [-0.3, -0.25) is 4.79 Å². The van der Waals surface area contributed by atoms with Gasteiger partial charge in [-0.15, -0.1) is 0 Å². The van der Waals surface area contributed by atoms with Crippen molar-refractivity contribution in [3.63, 3.8) is 0 Å². The molecule has 184 valence electrons. The molecule has 2 N–H and O–H groups in total. The number of allylic oxidation sites excluding steroid dienone is 3. The van der Waals surface area contributed by atoms with Crippen molar-refractivity contribution in [3.8, 4) is 11.5 Å². The van der Waals surface area contributed by atoms with Gasteiger partial charge in [-0.25, -0.2) is 4.79 Å². The van der Waals surface area contributed by atoms with E-state index in [1.165, 1.54) is 7.11 Å². The fourth-order valence-corrected chi connectivity index (χ4v) is 5.39. The van der Waals surface area contributed by atoms with Gasteiger partial charge in [0.1, 0.15) is 0 Å². The van der Waals surface area contributed by atoms with Crippen LogP contribution in [0.4, 0.5) is 0 Å². The number of nitrogens with one attached hydrogen (secondary N) is 1. The highest BCUT2D eigenvalue weighted by atomic mass is 79.9. The fourth-order valence-electron chi connectivity index (χ4n) is 4.81. The Hall–Kier alpha value is -2.77. The topological polar surface area (TPSA) is 84.9 Å². The minimum atomic E-state index is -0.665. The lowest BCUT2D eigenvalue weighted by molar-refractivity contribution is -0.143. The number of carbonyl (C=O) groups excluding carboxylic acids is 2. The summed E-state index contributed by atoms with van der Waals surface area (Å²) in [5.41, 5.74) is 4.01. The number of rotatable bonds is 5. The second-order valence-corrected chi connectivity index (χ2v) is 10.4. The molecule has 6 nitrogen and oxygen atoms in total. The number of carbonyl (C=O) groups is 2. The van der Waals surface area contributed by atoms with Gasteiger partial charge in [0.05, 0.1) is 23.3 Å². The molecule has 0 radical (unpaired) electrons. The maximum atomic E-state index is 13.7. The molecule has 0 amide bonds. The molecule has 1 heterocycles. The van der Waals surface area contributed by atoms with E-state index in [0.717, 1.165) is 11.3 Å². The van der Waals surface area contributed by atoms with Gasteiger partial charge in [-0.2, -0.15) is 0 Å². The van der Waals surface area contributed by atoms with E-state index in [1.807, 2.05) is 31.2 Å². The van der Waals surface area contributed by atoms with Gasteiger partial charge >= 0.3 is 5.97 Å². The number of halogens is 2. The number of Topliss-reactive ketones (excluding diaryl/α,β-unsaturated/α-hetero) is 1. The van der Waals surface area contributed by atoms with Crippen molar-refractivity contribution in [2.24, 2.45) is 0 Å². The highest BCUT2D eigenvalue weighted by Gasteiger charge is 2.42. The van der Waals surface area contributed by atoms with Crippen molar-refractivity contribution in [1.82, 2.24) is 5.32 Å². The van der Waals surface area contributed by atoms with Crippen LogP contribution in [0.25, 0.3) is 0 Å². The fraction of sp³-hybridized carbons (Fsp3) is 0.333. The Labute approximate surface area is 218 Å². The van der Waals surface area contributed by atoms with Crippen molar-refractivity contribution >= 4 is 39.3 Å². The van der Waals surface area contributed by atoms with Gasteiger partial charge in [0.2, 0.25) is 0 Å². The zero-order chi connectivity index (χ0) is 25.4. The number of aromatic hydroxyl groups is 1. The molecule has 0 saturated carbocycles. The van der Waals surface area contributed by atoms with Crippen molar-refractivity contribution in [2.45, 2.75) is 51.6 Å². The normalized spacial score (nSPS) is 20.0. The van der Waals surface area contributed by atoms with Crippen LogP contribution in [-0.4, -0.2) is 30.1 Å². The number of methoxy groups -OCH3 is 1. The van der Waals surface area contributed by atoms with Gasteiger partial charge in [-0.1, -0.05) is 23.7 Å². The SMILES string of the molecule is COc1cc([C@@H]2C(C(=O)OC(C)C)=C(C)NC3=C2C(=O)C[C@H](c2ccc(Cl)cc2)C3)cc(Br)c1O. The van der Waals surface area contributed by atoms with E-state index in [2.05, 4.69) is 21.2 Å². The second-order valence-electron chi connectivity index (χ2n) is 9.08. The molecule has 2 aromatic rings. The van der Waals surface area contributed by atoms with E-state index >= 15 is 0 Å². The highest BCUT2D eigenvalue weighted by Crippen LogP contribution is 2.48. The third kappa shape index (κ3) is 4.98. The number of dihydropyridines is 1. The second kappa shape index (κ2) is 10.1. The van der Waals surface area contributed by atoms with Crippen molar-refractivity contribution in [3.05, 3.63) is 79.6 Å². The van der Waals surface area contributed by atoms with Crippen molar-refractivity contribution < 1.29 is 24.2 Å². The molecule has 35 heavy (non-hydrogen) atoms. The molecule has 1 aliphatic carbocycles. The first kappa shape index (κ1) is 25.3. The first-order chi connectivity index (χ1) is 16.6. The predicted molar refractivity (Wildman–Crippen MR) is 138 cm³/mol.